The Morgan fingerprint density at radius 2 is 1.81 bits per heavy atom. The summed E-state index contributed by atoms with van der Waals surface area (Å²) in [6.07, 6.45) is -3.92. The van der Waals surface area contributed by atoms with E-state index in [0.717, 1.165) is 10.6 Å². The van der Waals surface area contributed by atoms with Gasteiger partial charge in [0.25, 0.3) is 5.56 Å². The number of hydrogen-bond acceptors (Lipinski definition) is 3. The first-order valence-corrected chi connectivity index (χ1v) is 9.43. The summed E-state index contributed by atoms with van der Waals surface area (Å²) >= 11 is 0. The van der Waals surface area contributed by atoms with Gasteiger partial charge in [0.05, 0.1) is 17.7 Å². The van der Waals surface area contributed by atoms with Crippen molar-refractivity contribution >= 4 is 28.3 Å². The first-order valence-electron chi connectivity index (χ1n) is 9.43. The number of benzene rings is 2. The zero-order valence-corrected chi connectivity index (χ0v) is 17.0. The number of anilines is 1. The molecule has 1 aromatic heterocycles. The molecule has 6 nitrogen and oxygen atoms in total. The minimum atomic E-state index is -4.84. The van der Waals surface area contributed by atoms with E-state index in [1.807, 2.05) is 0 Å². The third-order valence-electron chi connectivity index (χ3n) is 5.06. The van der Waals surface area contributed by atoms with Gasteiger partial charge in [-0.15, -0.1) is 0 Å². The van der Waals surface area contributed by atoms with Crippen molar-refractivity contribution in [1.82, 2.24) is 4.57 Å². The summed E-state index contributed by atoms with van der Waals surface area (Å²) in [4.78, 5) is 36.4. The van der Waals surface area contributed by atoms with Crippen molar-refractivity contribution in [3.8, 4) is 0 Å². The topological polar surface area (TPSA) is 88.4 Å². The van der Waals surface area contributed by atoms with Gasteiger partial charge in [-0.05, 0) is 49.2 Å². The van der Waals surface area contributed by atoms with Crippen LogP contribution in [0.5, 0.6) is 0 Å². The van der Waals surface area contributed by atoms with Gasteiger partial charge in [0, 0.05) is 17.0 Å². The highest BCUT2D eigenvalue weighted by atomic mass is 19.4. The Bertz CT molecular complexity index is 1280. The van der Waals surface area contributed by atoms with Crippen molar-refractivity contribution in [1.29, 1.82) is 0 Å². The molecule has 2 N–H and O–H groups in total. The van der Waals surface area contributed by atoms with E-state index in [1.54, 1.807) is 13.0 Å². The Hall–Kier alpha value is -3.69. The van der Waals surface area contributed by atoms with E-state index in [-0.39, 0.29) is 10.9 Å². The van der Waals surface area contributed by atoms with Gasteiger partial charge in [0.2, 0.25) is 5.91 Å². The van der Waals surface area contributed by atoms with E-state index in [0.29, 0.717) is 28.8 Å². The molecule has 10 heteroatoms. The molecular weight excluding hydrogens is 432 g/mol. The molecule has 0 fully saturated rings. The lowest BCUT2D eigenvalue weighted by atomic mass is 10.0. The molecule has 0 aliphatic heterocycles. The number of aromatic nitrogens is 1. The Morgan fingerprint density at radius 3 is 2.41 bits per heavy atom. The molecule has 32 heavy (non-hydrogen) atoms. The van der Waals surface area contributed by atoms with Gasteiger partial charge in [-0.25, -0.2) is 9.18 Å². The number of alkyl halides is 3. The van der Waals surface area contributed by atoms with E-state index >= 15 is 0 Å². The molecule has 0 saturated heterocycles. The number of amides is 1. The predicted octanol–water partition coefficient (Wildman–Crippen LogP) is 4.29. The van der Waals surface area contributed by atoms with Crippen LogP contribution in [-0.4, -0.2) is 21.6 Å². The number of aryl methyl sites for hydroxylation is 1. The monoisotopic (exact) mass is 450 g/mol. The van der Waals surface area contributed by atoms with Crippen molar-refractivity contribution in [2.24, 2.45) is 0 Å². The molecule has 1 heterocycles. The zero-order chi connectivity index (χ0) is 23.8. The second-order valence-electron chi connectivity index (χ2n) is 7.30. The maximum absolute atomic E-state index is 13.8. The SMILES string of the molecule is Cc1ccc2c(=O)n([C@H](C)C(=O)O)ccc2c1NC(=O)Cc1ccc(C(F)(F)F)c(F)c1. The number of nitrogens with zero attached hydrogens (tertiary/aromatic N) is 1. The van der Waals surface area contributed by atoms with Crippen molar-refractivity contribution in [3.05, 3.63) is 75.5 Å². The number of halogens is 4. The summed E-state index contributed by atoms with van der Waals surface area (Å²) in [6.45, 7) is 3.04. The zero-order valence-electron chi connectivity index (χ0n) is 17.0. The number of nitrogens with one attached hydrogen (secondary N) is 1. The van der Waals surface area contributed by atoms with Crippen LogP contribution in [0.2, 0.25) is 0 Å². The van der Waals surface area contributed by atoms with Crippen LogP contribution in [0, 0.1) is 12.7 Å². The van der Waals surface area contributed by atoms with Crippen LogP contribution in [0.3, 0.4) is 0 Å². The molecule has 0 saturated carbocycles. The minimum Gasteiger partial charge on any atom is -0.480 e. The van der Waals surface area contributed by atoms with Crippen LogP contribution in [0.4, 0.5) is 23.2 Å². The van der Waals surface area contributed by atoms with Crippen LogP contribution in [-0.2, 0) is 22.2 Å². The normalized spacial score (nSPS) is 12.6. The third-order valence-corrected chi connectivity index (χ3v) is 5.06. The van der Waals surface area contributed by atoms with Gasteiger partial charge < -0.3 is 15.0 Å². The number of aliphatic carboxylic acids is 1. The highest BCUT2D eigenvalue weighted by molar-refractivity contribution is 6.03. The fourth-order valence-corrected chi connectivity index (χ4v) is 3.31. The minimum absolute atomic E-state index is 0.0449. The summed E-state index contributed by atoms with van der Waals surface area (Å²) in [5.74, 6) is -3.28. The summed E-state index contributed by atoms with van der Waals surface area (Å²) in [5, 5.41) is 12.3. The smallest absolute Gasteiger partial charge is 0.419 e. The Balaban J connectivity index is 1.92. The van der Waals surface area contributed by atoms with E-state index in [2.05, 4.69) is 5.32 Å². The summed E-state index contributed by atoms with van der Waals surface area (Å²) in [7, 11) is 0. The quantitative estimate of drug-likeness (QED) is 0.568. The molecule has 1 amide bonds. The first-order chi connectivity index (χ1) is 14.9. The number of carbonyl (C=O) groups is 2. The number of hydrogen-bond donors (Lipinski definition) is 2. The van der Waals surface area contributed by atoms with Gasteiger partial charge in [-0.1, -0.05) is 12.1 Å². The highest BCUT2D eigenvalue weighted by Crippen LogP contribution is 2.32. The molecule has 0 aliphatic carbocycles. The van der Waals surface area contributed by atoms with E-state index in [9.17, 15) is 31.9 Å². The van der Waals surface area contributed by atoms with Gasteiger partial charge in [-0.2, -0.15) is 13.2 Å². The standard InChI is InChI=1S/C22H18F4N2O4/c1-11-3-5-15-14(7-8-28(20(15)30)12(2)21(31)32)19(11)27-18(29)10-13-4-6-16(17(23)9-13)22(24,25)26/h3-9,12H,10H2,1-2H3,(H,27,29)(H,31,32)/t12-/m1/s1. The number of rotatable bonds is 5. The summed E-state index contributed by atoms with van der Waals surface area (Å²) in [6, 6.07) is 5.74. The third kappa shape index (κ3) is 4.48. The molecule has 2 aromatic carbocycles. The molecule has 0 unspecified atom stereocenters. The number of pyridine rings is 1. The first kappa shape index (κ1) is 23.0. The largest absolute Gasteiger partial charge is 0.480 e. The number of fused-ring (bicyclic) bond motifs is 1. The van der Waals surface area contributed by atoms with E-state index in [1.165, 1.54) is 25.3 Å². The van der Waals surface area contributed by atoms with Crippen LogP contribution < -0.4 is 10.9 Å². The van der Waals surface area contributed by atoms with Crippen molar-refractivity contribution < 1.29 is 32.3 Å². The summed E-state index contributed by atoms with van der Waals surface area (Å²) in [5.41, 5.74) is -1.03. The average molecular weight is 450 g/mol. The molecule has 0 spiro atoms. The maximum atomic E-state index is 13.8. The molecule has 168 valence electrons. The molecule has 0 radical (unpaired) electrons. The van der Waals surface area contributed by atoms with Crippen molar-refractivity contribution in [2.75, 3.05) is 5.32 Å². The second-order valence-corrected chi connectivity index (χ2v) is 7.30. The van der Waals surface area contributed by atoms with Crippen molar-refractivity contribution in [3.63, 3.8) is 0 Å². The lowest BCUT2D eigenvalue weighted by Gasteiger charge is -2.15. The van der Waals surface area contributed by atoms with E-state index < -0.39 is 47.5 Å². The Labute approximate surface area is 179 Å². The lowest BCUT2D eigenvalue weighted by molar-refractivity contribution is -0.141. The maximum Gasteiger partial charge on any atom is 0.419 e. The Kier molecular flexibility index (Phi) is 6.07. The number of carboxylic acid groups (broad SMARTS) is 1. The molecule has 0 bridgehead atoms. The molecular formula is C22H18F4N2O4. The molecule has 1 atom stereocenters. The average Bonchev–Trinajstić information content (AvgIpc) is 2.69. The van der Waals surface area contributed by atoms with Crippen LogP contribution in [0.15, 0.2) is 47.4 Å². The fourth-order valence-electron chi connectivity index (χ4n) is 3.31. The van der Waals surface area contributed by atoms with Gasteiger partial charge in [0.15, 0.2) is 0 Å². The lowest BCUT2D eigenvalue weighted by Crippen LogP contribution is -2.27. The van der Waals surface area contributed by atoms with Crippen LogP contribution in [0.1, 0.15) is 29.7 Å². The van der Waals surface area contributed by atoms with Crippen LogP contribution in [0.25, 0.3) is 10.8 Å². The fraction of sp³-hybridized carbons (Fsp3) is 0.227. The molecule has 0 aliphatic rings. The molecule has 3 aromatic rings. The van der Waals surface area contributed by atoms with Crippen molar-refractivity contribution in [2.45, 2.75) is 32.5 Å². The molecule has 3 rings (SSSR count). The number of carbonyl (C=O) groups excluding carboxylic acids is 1. The van der Waals surface area contributed by atoms with Gasteiger partial charge in [0.1, 0.15) is 11.9 Å². The highest BCUT2D eigenvalue weighted by Gasteiger charge is 2.34. The predicted molar refractivity (Wildman–Crippen MR) is 109 cm³/mol. The number of carboxylic acids is 1. The van der Waals surface area contributed by atoms with Crippen LogP contribution >= 0.6 is 0 Å². The van der Waals surface area contributed by atoms with E-state index in [4.69, 9.17) is 5.11 Å². The second kappa shape index (κ2) is 8.45. The Morgan fingerprint density at radius 1 is 1.12 bits per heavy atom. The summed E-state index contributed by atoms with van der Waals surface area (Å²) < 4.78 is 52.9. The van der Waals surface area contributed by atoms with Gasteiger partial charge in [-0.3, -0.25) is 9.59 Å². The van der Waals surface area contributed by atoms with Gasteiger partial charge >= 0.3 is 12.1 Å².